The molecule has 0 bridgehead atoms. The molecular weight excluding hydrogens is 211 g/mol. The first-order valence-electron chi connectivity index (χ1n) is 3.73. The molecule has 0 aliphatic heterocycles. The molecule has 0 saturated heterocycles. The first-order valence-corrected chi connectivity index (χ1v) is 5.31. The van der Waals surface area contributed by atoms with E-state index in [9.17, 15) is 13.0 Å². The van der Waals surface area contributed by atoms with Crippen LogP contribution < -0.4 is 29.6 Å². The molecule has 5 heteroatoms. The number of benzene rings is 1. The minimum atomic E-state index is -4.13. The van der Waals surface area contributed by atoms with Crippen molar-refractivity contribution in [2.45, 2.75) is 0 Å². The van der Waals surface area contributed by atoms with Gasteiger partial charge in [0, 0.05) is 0 Å². The van der Waals surface area contributed by atoms with Gasteiger partial charge in [0.05, 0.1) is 15.9 Å². The molecule has 0 amide bonds. The summed E-state index contributed by atoms with van der Waals surface area (Å²) in [4.78, 5) is 0. The smallest absolute Gasteiger partial charge is 0.748 e. The maximum Gasteiger partial charge on any atom is 1.00 e. The zero-order valence-corrected chi connectivity index (χ0v) is 10.7. The molecule has 14 heavy (non-hydrogen) atoms. The molecule has 1 aromatic carbocycles. The minimum absolute atomic E-state index is 0. The van der Waals surface area contributed by atoms with Crippen molar-refractivity contribution in [3.63, 3.8) is 0 Å². The normalized spacial score (nSPS) is 11.2. The first kappa shape index (κ1) is 13.9. The Hall–Kier alpha value is -0.130. The van der Waals surface area contributed by atoms with Crippen LogP contribution in [0.25, 0.3) is 6.08 Å². The average molecular weight is 220 g/mol. The summed E-state index contributed by atoms with van der Waals surface area (Å²) < 4.78 is 30.6. The average Bonchev–Trinajstić information content (AvgIpc) is 2.04. The van der Waals surface area contributed by atoms with Gasteiger partial charge in [-0.2, -0.15) is 0 Å². The van der Waals surface area contributed by atoms with Gasteiger partial charge in [0.15, 0.2) is 0 Å². The Morgan fingerprint density at radius 3 is 2.29 bits per heavy atom. The minimum Gasteiger partial charge on any atom is -0.748 e. The van der Waals surface area contributed by atoms with Crippen molar-refractivity contribution in [2.24, 2.45) is 0 Å². The summed E-state index contributed by atoms with van der Waals surface area (Å²) in [7, 11) is -4.13. The fourth-order valence-electron chi connectivity index (χ4n) is 0.866. The van der Waals surface area contributed by atoms with Crippen molar-refractivity contribution in [2.75, 3.05) is 5.75 Å². The molecule has 0 aliphatic rings. The van der Waals surface area contributed by atoms with Crippen LogP contribution in [0.15, 0.2) is 36.4 Å². The third-order valence-electron chi connectivity index (χ3n) is 1.41. The number of hydrogen-bond donors (Lipinski definition) is 0. The molecule has 0 heterocycles. The predicted octanol–water partition coefficient (Wildman–Crippen LogP) is -1.75. The molecule has 1 aromatic rings. The molecule has 0 radical (unpaired) electrons. The SMILES string of the molecule is O=S(=O)([O-])CC=Cc1ccccc1.[Na+]. The topological polar surface area (TPSA) is 57.2 Å². The van der Waals surface area contributed by atoms with E-state index < -0.39 is 15.9 Å². The van der Waals surface area contributed by atoms with Crippen molar-refractivity contribution in [3.05, 3.63) is 42.0 Å². The van der Waals surface area contributed by atoms with Gasteiger partial charge in [0.25, 0.3) is 0 Å². The molecule has 70 valence electrons. The molecule has 0 saturated carbocycles. The monoisotopic (exact) mass is 220 g/mol. The van der Waals surface area contributed by atoms with Crippen molar-refractivity contribution in [1.29, 1.82) is 0 Å². The van der Waals surface area contributed by atoms with Crippen LogP contribution in [0.2, 0.25) is 0 Å². The summed E-state index contributed by atoms with van der Waals surface area (Å²) in [6, 6.07) is 9.19. The van der Waals surface area contributed by atoms with Gasteiger partial charge in [-0.15, -0.1) is 0 Å². The Morgan fingerprint density at radius 1 is 1.21 bits per heavy atom. The van der Waals surface area contributed by atoms with E-state index in [-0.39, 0.29) is 29.6 Å². The fourth-order valence-corrected chi connectivity index (χ4v) is 1.20. The Kier molecular flexibility index (Phi) is 6.31. The predicted molar refractivity (Wildman–Crippen MR) is 50.0 cm³/mol. The van der Waals surface area contributed by atoms with Gasteiger partial charge < -0.3 is 4.55 Å². The van der Waals surface area contributed by atoms with Crippen LogP contribution in [0.3, 0.4) is 0 Å². The molecule has 0 spiro atoms. The van der Waals surface area contributed by atoms with E-state index >= 15 is 0 Å². The van der Waals surface area contributed by atoms with Gasteiger partial charge in [-0.3, -0.25) is 0 Å². The summed E-state index contributed by atoms with van der Waals surface area (Å²) in [6.07, 6.45) is 2.95. The van der Waals surface area contributed by atoms with Crippen LogP contribution in [0, 0.1) is 0 Å². The Bertz CT molecular complexity index is 384. The molecule has 0 N–H and O–H groups in total. The van der Waals surface area contributed by atoms with E-state index in [1.165, 1.54) is 6.08 Å². The van der Waals surface area contributed by atoms with E-state index in [2.05, 4.69) is 0 Å². The molecule has 0 unspecified atom stereocenters. The van der Waals surface area contributed by atoms with Crippen molar-refractivity contribution >= 4 is 16.2 Å². The molecule has 1 rings (SSSR count). The van der Waals surface area contributed by atoms with Crippen LogP contribution in [0.4, 0.5) is 0 Å². The van der Waals surface area contributed by atoms with E-state index in [4.69, 9.17) is 0 Å². The Balaban J connectivity index is 0.00000169. The molecule has 0 aromatic heterocycles. The molecule has 0 fully saturated rings. The van der Waals surface area contributed by atoms with E-state index in [1.807, 2.05) is 30.3 Å². The van der Waals surface area contributed by atoms with Gasteiger partial charge in [-0.1, -0.05) is 42.5 Å². The van der Waals surface area contributed by atoms with Gasteiger partial charge in [0.2, 0.25) is 0 Å². The third-order valence-corrected chi connectivity index (χ3v) is 2.01. The Morgan fingerprint density at radius 2 is 1.79 bits per heavy atom. The zero-order valence-electron chi connectivity index (χ0n) is 7.88. The zero-order chi connectivity index (χ0) is 9.73. The van der Waals surface area contributed by atoms with Crippen LogP contribution in [0.5, 0.6) is 0 Å². The maximum atomic E-state index is 10.2. The Labute approximate surface area is 106 Å². The summed E-state index contributed by atoms with van der Waals surface area (Å²) in [5.41, 5.74) is 0.881. The van der Waals surface area contributed by atoms with E-state index in [1.54, 1.807) is 6.08 Å². The summed E-state index contributed by atoms with van der Waals surface area (Å²) in [6.45, 7) is 0. The second-order valence-electron chi connectivity index (χ2n) is 2.54. The standard InChI is InChI=1S/C9H10O3S.Na/c10-13(11,12)8-4-7-9-5-2-1-3-6-9;/h1-7H,8H2,(H,10,11,12);/q;+1/p-1. The summed E-state index contributed by atoms with van der Waals surface area (Å²) >= 11 is 0. The number of hydrogen-bond acceptors (Lipinski definition) is 3. The summed E-state index contributed by atoms with van der Waals surface area (Å²) in [5, 5.41) is 0. The molecule has 0 aliphatic carbocycles. The number of rotatable bonds is 3. The molecule has 0 atom stereocenters. The molecular formula is C9H9NaO3S. The van der Waals surface area contributed by atoms with Gasteiger partial charge in [0.1, 0.15) is 0 Å². The largest absolute Gasteiger partial charge is 1.00 e. The van der Waals surface area contributed by atoms with Gasteiger partial charge in [-0.05, 0) is 5.56 Å². The van der Waals surface area contributed by atoms with Crippen LogP contribution in [-0.2, 0) is 10.1 Å². The van der Waals surface area contributed by atoms with Crippen LogP contribution in [0.1, 0.15) is 5.56 Å². The van der Waals surface area contributed by atoms with Crippen LogP contribution in [-0.4, -0.2) is 18.7 Å². The van der Waals surface area contributed by atoms with Crippen molar-refractivity contribution < 1.29 is 42.5 Å². The second kappa shape index (κ2) is 6.37. The summed E-state index contributed by atoms with van der Waals surface area (Å²) in [5.74, 6) is -0.456. The van der Waals surface area contributed by atoms with Gasteiger partial charge in [-0.25, -0.2) is 8.42 Å². The van der Waals surface area contributed by atoms with E-state index in [0.717, 1.165) is 5.56 Å². The third kappa shape index (κ3) is 6.34. The van der Waals surface area contributed by atoms with Crippen LogP contribution >= 0.6 is 0 Å². The van der Waals surface area contributed by atoms with Crippen molar-refractivity contribution in [1.82, 2.24) is 0 Å². The second-order valence-corrected chi connectivity index (χ2v) is 3.99. The maximum absolute atomic E-state index is 10.2. The van der Waals surface area contributed by atoms with E-state index in [0.29, 0.717) is 0 Å². The fraction of sp³-hybridized carbons (Fsp3) is 0.111. The van der Waals surface area contributed by atoms with Gasteiger partial charge >= 0.3 is 29.6 Å². The van der Waals surface area contributed by atoms with Crippen molar-refractivity contribution in [3.8, 4) is 0 Å². The molecule has 3 nitrogen and oxygen atoms in total. The quantitative estimate of drug-likeness (QED) is 0.448. The first-order chi connectivity index (χ1) is 6.08.